The van der Waals surface area contributed by atoms with Crippen molar-refractivity contribution in [2.45, 2.75) is 76.8 Å². The molecule has 3 fully saturated rings. The highest BCUT2D eigenvalue weighted by molar-refractivity contribution is 5.79. The standard InChI is InChI=1S/C25H40N4O/c30-25(28-14-5-3-1-2-4-6-15-28)23-10-8-16-29(21-23)24-11-17-27(18-12-24)20-22-9-7-13-26-19-22/h7,9,13,19,23-24H,1-6,8,10-12,14-18,20-21H2. The van der Waals surface area contributed by atoms with Crippen molar-refractivity contribution < 1.29 is 4.79 Å². The number of carbonyl (C=O) groups excluding carboxylic acids is 1. The Bertz CT molecular complexity index is 634. The summed E-state index contributed by atoms with van der Waals surface area (Å²) in [5.74, 6) is 0.684. The lowest BCUT2D eigenvalue weighted by atomic mass is 9.92. The number of likely N-dealkylation sites (tertiary alicyclic amines) is 2. The summed E-state index contributed by atoms with van der Waals surface area (Å²) in [7, 11) is 0. The van der Waals surface area contributed by atoms with Crippen molar-refractivity contribution in [3.63, 3.8) is 0 Å². The maximum absolute atomic E-state index is 13.3. The minimum atomic E-state index is 0.230. The molecule has 3 aliphatic rings. The van der Waals surface area contributed by atoms with Gasteiger partial charge < -0.3 is 4.90 Å². The zero-order chi connectivity index (χ0) is 20.6. The first-order chi connectivity index (χ1) is 14.8. The fourth-order valence-corrected chi connectivity index (χ4v) is 5.63. The van der Waals surface area contributed by atoms with Crippen molar-refractivity contribution in [3.8, 4) is 0 Å². The Morgan fingerprint density at radius 2 is 1.63 bits per heavy atom. The molecular formula is C25H40N4O. The highest BCUT2D eigenvalue weighted by Gasteiger charge is 2.33. The highest BCUT2D eigenvalue weighted by atomic mass is 16.2. The SMILES string of the molecule is O=C(C1CCCN(C2CCN(Cc3cccnc3)CC2)C1)N1CCCCCCCC1. The Balaban J connectivity index is 1.26. The van der Waals surface area contributed by atoms with E-state index in [-0.39, 0.29) is 5.92 Å². The fourth-order valence-electron chi connectivity index (χ4n) is 5.63. The van der Waals surface area contributed by atoms with Crippen LogP contribution in [0, 0.1) is 5.92 Å². The van der Waals surface area contributed by atoms with Crippen LogP contribution in [0.25, 0.3) is 0 Å². The second-order valence-corrected chi connectivity index (χ2v) is 9.65. The molecule has 3 aliphatic heterocycles. The molecule has 4 rings (SSSR count). The Morgan fingerprint density at radius 1 is 0.900 bits per heavy atom. The molecule has 0 bridgehead atoms. The van der Waals surface area contributed by atoms with E-state index in [1.165, 1.54) is 69.9 Å². The van der Waals surface area contributed by atoms with Gasteiger partial charge in [-0.25, -0.2) is 0 Å². The molecule has 1 atom stereocenters. The first kappa shape index (κ1) is 21.8. The molecular weight excluding hydrogens is 372 g/mol. The van der Waals surface area contributed by atoms with E-state index in [1.54, 1.807) is 0 Å². The third-order valence-electron chi connectivity index (χ3n) is 7.42. The zero-order valence-electron chi connectivity index (χ0n) is 18.7. The number of hydrogen-bond donors (Lipinski definition) is 0. The molecule has 4 heterocycles. The Morgan fingerprint density at radius 3 is 2.33 bits per heavy atom. The summed E-state index contributed by atoms with van der Waals surface area (Å²) < 4.78 is 0. The summed E-state index contributed by atoms with van der Waals surface area (Å²) in [6, 6.07) is 4.86. The number of nitrogens with zero attached hydrogens (tertiary/aromatic N) is 4. The summed E-state index contributed by atoms with van der Waals surface area (Å²) >= 11 is 0. The van der Waals surface area contributed by atoms with Crippen LogP contribution in [0.1, 0.15) is 69.8 Å². The van der Waals surface area contributed by atoms with E-state index in [2.05, 4.69) is 25.8 Å². The van der Waals surface area contributed by atoms with Gasteiger partial charge >= 0.3 is 0 Å². The van der Waals surface area contributed by atoms with Gasteiger partial charge in [-0.15, -0.1) is 0 Å². The normalized spacial score (nSPS) is 26.0. The molecule has 0 spiro atoms. The van der Waals surface area contributed by atoms with Gasteiger partial charge in [0.05, 0.1) is 5.92 Å². The topological polar surface area (TPSA) is 39.7 Å². The van der Waals surface area contributed by atoms with Crippen LogP contribution in [0.3, 0.4) is 0 Å². The predicted octanol–water partition coefficient (Wildman–Crippen LogP) is 3.94. The zero-order valence-corrected chi connectivity index (χ0v) is 18.7. The summed E-state index contributed by atoms with van der Waals surface area (Å²) in [4.78, 5) is 25.0. The third-order valence-corrected chi connectivity index (χ3v) is 7.42. The van der Waals surface area contributed by atoms with E-state index in [0.29, 0.717) is 11.9 Å². The number of pyridine rings is 1. The van der Waals surface area contributed by atoms with Gasteiger partial charge in [0.25, 0.3) is 0 Å². The van der Waals surface area contributed by atoms with Gasteiger partial charge in [-0.2, -0.15) is 0 Å². The number of rotatable bonds is 4. The molecule has 5 heteroatoms. The summed E-state index contributed by atoms with van der Waals surface area (Å²) in [6.07, 6.45) is 16.2. The molecule has 1 aromatic heterocycles. The van der Waals surface area contributed by atoms with Crippen LogP contribution in [0.15, 0.2) is 24.5 Å². The fraction of sp³-hybridized carbons (Fsp3) is 0.760. The molecule has 0 N–H and O–H groups in total. The summed E-state index contributed by atoms with van der Waals surface area (Å²) in [5, 5.41) is 0. The van der Waals surface area contributed by atoms with Gasteiger partial charge in [-0.05, 0) is 69.8 Å². The molecule has 30 heavy (non-hydrogen) atoms. The Hall–Kier alpha value is -1.46. The van der Waals surface area contributed by atoms with Crippen LogP contribution in [0.2, 0.25) is 0 Å². The molecule has 1 amide bonds. The third kappa shape index (κ3) is 6.04. The quantitative estimate of drug-likeness (QED) is 0.751. The molecule has 0 saturated carbocycles. The number of aromatic nitrogens is 1. The maximum atomic E-state index is 13.3. The molecule has 166 valence electrons. The second kappa shape index (κ2) is 11.2. The maximum Gasteiger partial charge on any atom is 0.226 e. The average Bonchev–Trinajstić information content (AvgIpc) is 2.94. The molecule has 1 aromatic rings. The predicted molar refractivity (Wildman–Crippen MR) is 121 cm³/mol. The minimum absolute atomic E-state index is 0.230. The van der Waals surface area contributed by atoms with Gasteiger partial charge in [0, 0.05) is 44.6 Å². The second-order valence-electron chi connectivity index (χ2n) is 9.65. The first-order valence-corrected chi connectivity index (χ1v) is 12.4. The number of hydrogen-bond acceptors (Lipinski definition) is 4. The average molecular weight is 413 g/mol. The Kier molecular flexibility index (Phi) is 8.15. The van der Waals surface area contributed by atoms with Gasteiger partial charge in [0.15, 0.2) is 0 Å². The molecule has 0 aromatic carbocycles. The number of piperidine rings is 2. The van der Waals surface area contributed by atoms with E-state index in [9.17, 15) is 4.79 Å². The van der Waals surface area contributed by atoms with Crippen molar-refractivity contribution in [2.24, 2.45) is 5.92 Å². The Labute approximate surface area is 182 Å². The molecule has 0 aliphatic carbocycles. The lowest BCUT2D eigenvalue weighted by molar-refractivity contribution is -0.138. The van der Waals surface area contributed by atoms with E-state index < -0.39 is 0 Å². The molecule has 1 unspecified atom stereocenters. The van der Waals surface area contributed by atoms with Crippen LogP contribution < -0.4 is 0 Å². The van der Waals surface area contributed by atoms with Gasteiger partial charge in [-0.3, -0.25) is 19.6 Å². The van der Waals surface area contributed by atoms with Crippen molar-refractivity contribution in [2.75, 3.05) is 39.3 Å². The van der Waals surface area contributed by atoms with E-state index in [4.69, 9.17) is 0 Å². The van der Waals surface area contributed by atoms with Gasteiger partial charge in [0.2, 0.25) is 5.91 Å². The largest absolute Gasteiger partial charge is 0.342 e. The lowest BCUT2D eigenvalue weighted by Gasteiger charge is -2.42. The molecule has 5 nitrogen and oxygen atoms in total. The van der Waals surface area contributed by atoms with E-state index in [1.807, 2.05) is 18.5 Å². The van der Waals surface area contributed by atoms with Crippen LogP contribution in [-0.2, 0) is 11.3 Å². The first-order valence-electron chi connectivity index (χ1n) is 12.4. The van der Waals surface area contributed by atoms with Crippen molar-refractivity contribution in [1.29, 1.82) is 0 Å². The smallest absolute Gasteiger partial charge is 0.226 e. The van der Waals surface area contributed by atoms with Crippen LogP contribution >= 0.6 is 0 Å². The summed E-state index contributed by atoms with van der Waals surface area (Å²) in [5.41, 5.74) is 1.31. The van der Waals surface area contributed by atoms with Crippen LogP contribution in [-0.4, -0.2) is 70.9 Å². The molecule has 0 radical (unpaired) electrons. The van der Waals surface area contributed by atoms with E-state index in [0.717, 1.165) is 45.7 Å². The van der Waals surface area contributed by atoms with Crippen molar-refractivity contribution >= 4 is 5.91 Å². The van der Waals surface area contributed by atoms with Crippen LogP contribution in [0.4, 0.5) is 0 Å². The highest BCUT2D eigenvalue weighted by Crippen LogP contribution is 2.26. The van der Waals surface area contributed by atoms with Crippen LogP contribution in [0.5, 0.6) is 0 Å². The van der Waals surface area contributed by atoms with Crippen molar-refractivity contribution in [1.82, 2.24) is 19.7 Å². The summed E-state index contributed by atoms with van der Waals surface area (Å²) in [6.45, 7) is 7.46. The number of amides is 1. The van der Waals surface area contributed by atoms with Crippen molar-refractivity contribution in [3.05, 3.63) is 30.1 Å². The van der Waals surface area contributed by atoms with Gasteiger partial charge in [-0.1, -0.05) is 31.7 Å². The minimum Gasteiger partial charge on any atom is -0.342 e. The molecule has 3 saturated heterocycles. The van der Waals surface area contributed by atoms with E-state index >= 15 is 0 Å². The lowest BCUT2D eigenvalue weighted by Crippen LogP contribution is -2.51. The number of carbonyl (C=O) groups is 1. The van der Waals surface area contributed by atoms with Gasteiger partial charge in [0.1, 0.15) is 0 Å². The monoisotopic (exact) mass is 412 g/mol.